The Balaban J connectivity index is 2.04. The number of hydrogen-bond acceptors (Lipinski definition) is 3. The SMILES string of the molecule is CC(C)(Cc1ccc(N2CCOCC2)cc1)C(=O)O. The fourth-order valence-corrected chi connectivity index (χ4v) is 2.23. The molecular weight excluding hydrogens is 242 g/mol. The van der Waals surface area contributed by atoms with Crippen molar-refractivity contribution >= 4 is 11.7 Å². The van der Waals surface area contributed by atoms with Crippen molar-refractivity contribution in [2.45, 2.75) is 20.3 Å². The second-order valence-electron chi connectivity index (χ2n) is 5.63. The number of hydrogen-bond donors (Lipinski definition) is 1. The van der Waals surface area contributed by atoms with E-state index < -0.39 is 11.4 Å². The molecule has 0 bridgehead atoms. The van der Waals surface area contributed by atoms with Gasteiger partial charge in [-0.1, -0.05) is 12.1 Å². The summed E-state index contributed by atoms with van der Waals surface area (Å²) in [7, 11) is 0. The van der Waals surface area contributed by atoms with Crippen molar-refractivity contribution in [1.29, 1.82) is 0 Å². The van der Waals surface area contributed by atoms with Gasteiger partial charge in [-0.05, 0) is 38.0 Å². The van der Waals surface area contributed by atoms with E-state index in [2.05, 4.69) is 17.0 Å². The monoisotopic (exact) mass is 263 g/mol. The Morgan fingerprint density at radius 3 is 2.37 bits per heavy atom. The van der Waals surface area contributed by atoms with Crippen LogP contribution in [0, 0.1) is 5.41 Å². The van der Waals surface area contributed by atoms with Crippen LogP contribution in [0.4, 0.5) is 5.69 Å². The number of carboxylic acid groups (broad SMARTS) is 1. The smallest absolute Gasteiger partial charge is 0.309 e. The molecule has 1 aliphatic heterocycles. The first-order valence-electron chi connectivity index (χ1n) is 6.64. The molecule has 1 aromatic rings. The Bertz CT molecular complexity index is 433. The molecule has 1 aromatic carbocycles. The van der Waals surface area contributed by atoms with Crippen molar-refractivity contribution in [1.82, 2.24) is 0 Å². The molecule has 0 unspecified atom stereocenters. The van der Waals surface area contributed by atoms with Gasteiger partial charge in [0.2, 0.25) is 0 Å². The molecule has 0 amide bonds. The molecule has 1 aliphatic rings. The number of carbonyl (C=O) groups is 1. The van der Waals surface area contributed by atoms with Crippen LogP contribution < -0.4 is 4.90 Å². The Kier molecular flexibility index (Phi) is 4.10. The maximum Gasteiger partial charge on any atom is 0.309 e. The molecule has 2 rings (SSSR count). The average Bonchev–Trinajstić information content (AvgIpc) is 2.40. The van der Waals surface area contributed by atoms with Gasteiger partial charge < -0.3 is 14.7 Å². The van der Waals surface area contributed by atoms with Crippen molar-refractivity contribution < 1.29 is 14.6 Å². The lowest BCUT2D eigenvalue weighted by Crippen LogP contribution is -2.36. The van der Waals surface area contributed by atoms with Gasteiger partial charge in [-0.3, -0.25) is 4.79 Å². The molecule has 0 aromatic heterocycles. The molecular formula is C15H21NO3. The van der Waals surface area contributed by atoms with Crippen LogP contribution in [0.1, 0.15) is 19.4 Å². The van der Waals surface area contributed by atoms with Crippen LogP contribution in [-0.2, 0) is 16.0 Å². The van der Waals surface area contributed by atoms with Crippen LogP contribution in [0.3, 0.4) is 0 Å². The number of ether oxygens (including phenoxy) is 1. The zero-order chi connectivity index (χ0) is 13.9. The quantitative estimate of drug-likeness (QED) is 0.904. The third-order valence-electron chi connectivity index (χ3n) is 3.54. The Hall–Kier alpha value is -1.55. The van der Waals surface area contributed by atoms with Gasteiger partial charge in [-0.25, -0.2) is 0 Å². The highest BCUT2D eigenvalue weighted by molar-refractivity contribution is 5.74. The molecule has 1 heterocycles. The highest BCUT2D eigenvalue weighted by Crippen LogP contribution is 2.24. The Labute approximate surface area is 114 Å². The van der Waals surface area contributed by atoms with Gasteiger partial charge in [-0.15, -0.1) is 0 Å². The Morgan fingerprint density at radius 2 is 1.84 bits per heavy atom. The van der Waals surface area contributed by atoms with Crippen molar-refractivity contribution in [2.75, 3.05) is 31.2 Å². The minimum Gasteiger partial charge on any atom is -0.481 e. The van der Waals surface area contributed by atoms with Crippen LogP contribution >= 0.6 is 0 Å². The summed E-state index contributed by atoms with van der Waals surface area (Å²) in [6.07, 6.45) is 0.547. The third-order valence-corrected chi connectivity index (χ3v) is 3.54. The molecule has 4 heteroatoms. The van der Waals surface area contributed by atoms with Gasteiger partial charge in [0.1, 0.15) is 0 Å². The van der Waals surface area contributed by atoms with E-state index in [1.165, 1.54) is 5.69 Å². The highest BCUT2D eigenvalue weighted by Gasteiger charge is 2.27. The van der Waals surface area contributed by atoms with E-state index in [-0.39, 0.29) is 0 Å². The highest BCUT2D eigenvalue weighted by atomic mass is 16.5. The van der Waals surface area contributed by atoms with Crippen LogP contribution in [0.5, 0.6) is 0 Å². The van der Waals surface area contributed by atoms with E-state index >= 15 is 0 Å². The summed E-state index contributed by atoms with van der Waals surface area (Å²) < 4.78 is 5.33. The van der Waals surface area contributed by atoms with Gasteiger partial charge in [-0.2, -0.15) is 0 Å². The maximum absolute atomic E-state index is 11.1. The third kappa shape index (κ3) is 3.47. The lowest BCUT2D eigenvalue weighted by atomic mass is 9.86. The fraction of sp³-hybridized carbons (Fsp3) is 0.533. The number of rotatable bonds is 4. The van der Waals surface area contributed by atoms with Crippen LogP contribution in [0.25, 0.3) is 0 Å². The Morgan fingerprint density at radius 1 is 1.26 bits per heavy atom. The number of benzene rings is 1. The molecule has 1 fully saturated rings. The number of nitrogens with zero attached hydrogens (tertiary/aromatic N) is 1. The summed E-state index contributed by atoms with van der Waals surface area (Å²) in [5, 5.41) is 9.14. The van der Waals surface area contributed by atoms with Gasteiger partial charge in [0.25, 0.3) is 0 Å². The molecule has 1 saturated heterocycles. The summed E-state index contributed by atoms with van der Waals surface area (Å²) >= 11 is 0. The number of morpholine rings is 1. The lowest BCUT2D eigenvalue weighted by Gasteiger charge is -2.29. The lowest BCUT2D eigenvalue weighted by molar-refractivity contribution is -0.146. The van der Waals surface area contributed by atoms with Gasteiger partial charge in [0.15, 0.2) is 0 Å². The number of carboxylic acids is 1. The molecule has 0 aliphatic carbocycles. The summed E-state index contributed by atoms with van der Waals surface area (Å²) in [5.74, 6) is -0.759. The maximum atomic E-state index is 11.1. The molecule has 0 saturated carbocycles. The normalized spacial score (nSPS) is 16.4. The van der Waals surface area contributed by atoms with Crippen molar-refractivity contribution in [3.63, 3.8) is 0 Å². The van der Waals surface area contributed by atoms with E-state index in [1.54, 1.807) is 13.8 Å². The topological polar surface area (TPSA) is 49.8 Å². The van der Waals surface area contributed by atoms with Crippen LogP contribution in [-0.4, -0.2) is 37.4 Å². The summed E-state index contributed by atoms with van der Waals surface area (Å²) in [5.41, 5.74) is 1.52. The van der Waals surface area contributed by atoms with Gasteiger partial charge in [0, 0.05) is 18.8 Å². The standard InChI is InChI=1S/C15H21NO3/c1-15(2,14(17)18)11-12-3-5-13(6-4-12)16-7-9-19-10-8-16/h3-6H,7-11H2,1-2H3,(H,17,18). The number of anilines is 1. The van der Waals surface area contributed by atoms with Crippen molar-refractivity contribution in [2.24, 2.45) is 5.41 Å². The first-order chi connectivity index (χ1) is 8.99. The van der Waals surface area contributed by atoms with Crippen molar-refractivity contribution in [3.8, 4) is 0 Å². The number of aliphatic carboxylic acids is 1. The first kappa shape index (κ1) is 13.9. The minimum absolute atomic E-state index is 0.547. The van der Waals surface area contributed by atoms with E-state index in [0.717, 1.165) is 31.9 Å². The second-order valence-corrected chi connectivity index (χ2v) is 5.63. The molecule has 0 spiro atoms. The molecule has 0 atom stereocenters. The van der Waals surface area contributed by atoms with E-state index in [9.17, 15) is 4.79 Å². The zero-order valence-electron chi connectivity index (χ0n) is 11.6. The predicted octanol–water partition coefficient (Wildman–Crippen LogP) is 2.18. The molecule has 104 valence electrons. The van der Waals surface area contributed by atoms with E-state index in [0.29, 0.717) is 6.42 Å². The predicted molar refractivity (Wildman–Crippen MR) is 74.6 cm³/mol. The molecule has 4 nitrogen and oxygen atoms in total. The minimum atomic E-state index is -0.759. The summed E-state index contributed by atoms with van der Waals surface area (Å²) in [6, 6.07) is 8.18. The van der Waals surface area contributed by atoms with Gasteiger partial charge >= 0.3 is 5.97 Å². The summed E-state index contributed by atoms with van der Waals surface area (Å²) in [4.78, 5) is 13.4. The second kappa shape index (κ2) is 5.61. The molecule has 0 radical (unpaired) electrons. The largest absolute Gasteiger partial charge is 0.481 e. The van der Waals surface area contributed by atoms with Crippen LogP contribution in [0.2, 0.25) is 0 Å². The zero-order valence-corrected chi connectivity index (χ0v) is 11.6. The van der Waals surface area contributed by atoms with Crippen LogP contribution in [0.15, 0.2) is 24.3 Å². The average molecular weight is 263 g/mol. The summed E-state index contributed by atoms with van der Waals surface area (Å²) in [6.45, 7) is 6.89. The van der Waals surface area contributed by atoms with Crippen molar-refractivity contribution in [3.05, 3.63) is 29.8 Å². The fourth-order valence-electron chi connectivity index (χ4n) is 2.23. The van der Waals surface area contributed by atoms with E-state index in [4.69, 9.17) is 9.84 Å². The molecule has 1 N–H and O–H groups in total. The van der Waals surface area contributed by atoms with E-state index in [1.807, 2.05) is 12.1 Å². The first-order valence-corrected chi connectivity index (χ1v) is 6.64. The molecule has 19 heavy (non-hydrogen) atoms. The van der Waals surface area contributed by atoms with Gasteiger partial charge in [0.05, 0.1) is 18.6 Å².